The van der Waals surface area contributed by atoms with Crippen LogP contribution in [0.1, 0.15) is 12.5 Å². The summed E-state index contributed by atoms with van der Waals surface area (Å²) in [6.07, 6.45) is 0. The molecular formula is C18H17Cl2N3S. The summed E-state index contributed by atoms with van der Waals surface area (Å²) in [6.45, 7) is 3.60. The summed E-state index contributed by atoms with van der Waals surface area (Å²) >= 11 is 17.3. The van der Waals surface area contributed by atoms with Crippen LogP contribution in [-0.2, 0) is 0 Å². The van der Waals surface area contributed by atoms with Gasteiger partial charge < -0.3 is 5.32 Å². The van der Waals surface area contributed by atoms with Crippen LogP contribution in [0.5, 0.6) is 0 Å². The van der Waals surface area contributed by atoms with Crippen molar-refractivity contribution in [3.8, 4) is 0 Å². The Labute approximate surface area is 157 Å². The van der Waals surface area contributed by atoms with Gasteiger partial charge >= 0.3 is 0 Å². The molecule has 0 bridgehead atoms. The molecule has 24 heavy (non-hydrogen) atoms. The Kier molecular flexibility index (Phi) is 5.39. The minimum atomic E-state index is 0.351. The molecule has 124 valence electrons. The van der Waals surface area contributed by atoms with Crippen molar-refractivity contribution in [2.45, 2.75) is 6.92 Å². The van der Waals surface area contributed by atoms with Crippen molar-refractivity contribution >= 4 is 51.8 Å². The molecule has 1 atom stereocenters. The zero-order valence-electron chi connectivity index (χ0n) is 13.2. The van der Waals surface area contributed by atoms with Gasteiger partial charge in [-0.25, -0.2) is 0 Å². The van der Waals surface area contributed by atoms with E-state index >= 15 is 0 Å². The number of rotatable bonds is 4. The average Bonchev–Trinajstić information content (AvgIpc) is 2.90. The molecule has 1 unspecified atom stereocenters. The summed E-state index contributed by atoms with van der Waals surface area (Å²) in [7, 11) is 0. The Morgan fingerprint density at radius 3 is 2.33 bits per heavy atom. The Morgan fingerprint density at radius 2 is 1.71 bits per heavy atom. The first kappa shape index (κ1) is 17.2. The second-order valence-electron chi connectivity index (χ2n) is 5.80. The van der Waals surface area contributed by atoms with Crippen molar-refractivity contribution in [1.29, 1.82) is 0 Å². The van der Waals surface area contributed by atoms with Crippen LogP contribution in [0.25, 0.3) is 0 Å². The summed E-state index contributed by atoms with van der Waals surface area (Å²) in [6, 6.07) is 15.3. The lowest BCUT2D eigenvalue weighted by Crippen LogP contribution is -2.28. The molecule has 0 spiro atoms. The number of hydrogen-bond acceptors (Lipinski definition) is 3. The van der Waals surface area contributed by atoms with E-state index in [9.17, 15) is 0 Å². The molecule has 2 aromatic rings. The molecule has 3 nitrogen and oxygen atoms in total. The van der Waals surface area contributed by atoms with E-state index in [0.29, 0.717) is 17.5 Å². The normalized spacial score (nSPS) is 16.9. The highest BCUT2D eigenvalue weighted by molar-refractivity contribution is 7.80. The molecule has 6 heteroatoms. The van der Waals surface area contributed by atoms with Gasteiger partial charge in [-0.15, -0.1) is 0 Å². The third-order valence-electron chi connectivity index (χ3n) is 3.79. The smallest absolute Gasteiger partial charge is 0.101 e. The first-order valence-electron chi connectivity index (χ1n) is 7.66. The second-order valence-corrected chi connectivity index (χ2v) is 7.16. The fourth-order valence-corrected chi connectivity index (χ4v) is 3.18. The van der Waals surface area contributed by atoms with E-state index in [4.69, 9.17) is 40.5 Å². The van der Waals surface area contributed by atoms with Crippen LogP contribution in [0.3, 0.4) is 0 Å². The van der Waals surface area contributed by atoms with Crippen molar-refractivity contribution < 1.29 is 0 Å². The van der Waals surface area contributed by atoms with Gasteiger partial charge in [-0.2, -0.15) is 5.10 Å². The highest BCUT2D eigenvalue weighted by atomic mass is 35.5. The zero-order valence-corrected chi connectivity index (χ0v) is 15.5. The minimum absolute atomic E-state index is 0.351. The lowest BCUT2D eigenvalue weighted by Gasteiger charge is -2.16. The summed E-state index contributed by atoms with van der Waals surface area (Å²) in [4.78, 5) is 0.727. The summed E-state index contributed by atoms with van der Waals surface area (Å²) in [5, 5.41) is 11.4. The van der Waals surface area contributed by atoms with Crippen molar-refractivity contribution in [3.63, 3.8) is 0 Å². The Balaban J connectivity index is 1.64. The Hall–Kier alpha value is -1.62. The number of thiocarbonyl (C=S) groups is 1. The monoisotopic (exact) mass is 377 g/mol. The third kappa shape index (κ3) is 4.26. The number of hydrazone groups is 1. The van der Waals surface area contributed by atoms with Gasteiger partial charge in [0.1, 0.15) is 4.99 Å². The van der Waals surface area contributed by atoms with E-state index in [1.807, 2.05) is 53.5 Å². The molecule has 3 rings (SSSR count). The van der Waals surface area contributed by atoms with Gasteiger partial charge in [-0.05, 0) is 42.0 Å². The minimum Gasteiger partial charge on any atom is -0.348 e. The number of benzene rings is 2. The molecule has 0 saturated carbocycles. The standard InChI is InChI=1S/C18H17Cl2N3S/c1-12-10-23(22-18(12)13-2-4-14(19)5-3-13)11-17(24)21-16-8-6-15(20)7-9-16/h2-9,12H,10-11H2,1H3,(H,21,24). The van der Waals surface area contributed by atoms with Gasteiger partial charge in [0.05, 0.1) is 12.3 Å². The molecule has 1 aliphatic heterocycles. The predicted molar refractivity (Wildman–Crippen MR) is 106 cm³/mol. The van der Waals surface area contributed by atoms with Crippen LogP contribution >= 0.6 is 35.4 Å². The van der Waals surface area contributed by atoms with Crippen LogP contribution in [-0.4, -0.2) is 28.8 Å². The van der Waals surface area contributed by atoms with Crippen LogP contribution in [0.4, 0.5) is 5.69 Å². The summed E-state index contributed by atoms with van der Waals surface area (Å²) < 4.78 is 0. The lowest BCUT2D eigenvalue weighted by atomic mass is 10.00. The van der Waals surface area contributed by atoms with Crippen molar-refractivity contribution in [2.75, 3.05) is 18.4 Å². The maximum Gasteiger partial charge on any atom is 0.101 e. The highest BCUT2D eigenvalue weighted by Crippen LogP contribution is 2.21. The van der Waals surface area contributed by atoms with Crippen molar-refractivity contribution in [1.82, 2.24) is 5.01 Å². The number of nitrogens with one attached hydrogen (secondary N) is 1. The largest absolute Gasteiger partial charge is 0.348 e. The molecule has 1 aliphatic rings. The van der Waals surface area contributed by atoms with E-state index in [1.54, 1.807) is 0 Å². The zero-order chi connectivity index (χ0) is 17.1. The van der Waals surface area contributed by atoms with E-state index in [2.05, 4.69) is 12.2 Å². The van der Waals surface area contributed by atoms with E-state index < -0.39 is 0 Å². The molecular weight excluding hydrogens is 361 g/mol. The Bertz CT molecular complexity index is 757. The van der Waals surface area contributed by atoms with Gasteiger partial charge in [0.15, 0.2) is 0 Å². The molecule has 0 fully saturated rings. The third-order valence-corrected chi connectivity index (χ3v) is 4.53. The Morgan fingerprint density at radius 1 is 1.12 bits per heavy atom. The van der Waals surface area contributed by atoms with E-state index in [1.165, 1.54) is 0 Å². The van der Waals surface area contributed by atoms with E-state index in [0.717, 1.165) is 33.5 Å². The number of halogens is 2. The first-order valence-corrected chi connectivity index (χ1v) is 8.82. The molecule has 1 heterocycles. The number of nitrogens with zero attached hydrogens (tertiary/aromatic N) is 2. The number of anilines is 1. The molecule has 0 aromatic heterocycles. The molecule has 0 radical (unpaired) electrons. The molecule has 0 aliphatic carbocycles. The van der Waals surface area contributed by atoms with Gasteiger partial charge in [-0.3, -0.25) is 5.01 Å². The maximum absolute atomic E-state index is 5.96. The van der Waals surface area contributed by atoms with Gasteiger partial charge in [0.2, 0.25) is 0 Å². The molecule has 1 N–H and O–H groups in total. The maximum atomic E-state index is 5.96. The topological polar surface area (TPSA) is 27.6 Å². The highest BCUT2D eigenvalue weighted by Gasteiger charge is 2.24. The van der Waals surface area contributed by atoms with Crippen LogP contribution in [0.15, 0.2) is 53.6 Å². The van der Waals surface area contributed by atoms with Crippen LogP contribution in [0, 0.1) is 5.92 Å². The van der Waals surface area contributed by atoms with Crippen LogP contribution < -0.4 is 5.32 Å². The molecule has 0 saturated heterocycles. The number of hydrogen-bond donors (Lipinski definition) is 1. The van der Waals surface area contributed by atoms with Gasteiger partial charge in [0, 0.05) is 28.2 Å². The summed E-state index contributed by atoms with van der Waals surface area (Å²) in [5.74, 6) is 0.351. The van der Waals surface area contributed by atoms with Gasteiger partial charge in [-0.1, -0.05) is 54.5 Å². The molecule has 2 aromatic carbocycles. The van der Waals surface area contributed by atoms with Gasteiger partial charge in [0.25, 0.3) is 0 Å². The van der Waals surface area contributed by atoms with E-state index in [-0.39, 0.29) is 0 Å². The molecule has 0 amide bonds. The average molecular weight is 378 g/mol. The lowest BCUT2D eigenvalue weighted by molar-refractivity contribution is 0.343. The quantitative estimate of drug-likeness (QED) is 0.751. The van der Waals surface area contributed by atoms with Crippen LogP contribution in [0.2, 0.25) is 10.0 Å². The second kappa shape index (κ2) is 7.51. The van der Waals surface area contributed by atoms with Crippen molar-refractivity contribution in [3.05, 3.63) is 64.1 Å². The fraction of sp³-hybridized carbons (Fsp3) is 0.222. The first-order chi connectivity index (χ1) is 11.5. The van der Waals surface area contributed by atoms with Crippen molar-refractivity contribution in [2.24, 2.45) is 11.0 Å². The summed E-state index contributed by atoms with van der Waals surface area (Å²) in [5.41, 5.74) is 3.10. The fourth-order valence-electron chi connectivity index (χ4n) is 2.66. The predicted octanol–water partition coefficient (Wildman–Crippen LogP) is 5.09. The SMILES string of the molecule is CC1CN(CC(=S)Nc2ccc(Cl)cc2)N=C1c1ccc(Cl)cc1.